The first-order chi connectivity index (χ1) is 15.9. The molecule has 1 aliphatic heterocycles. The van der Waals surface area contributed by atoms with Gasteiger partial charge in [0.05, 0.1) is 29.4 Å². The minimum atomic E-state index is -0.854. The van der Waals surface area contributed by atoms with Crippen LogP contribution in [-0.4, -0.2) is 27.9 Å². The molecular weight excluding hydrogens is 418 g/mol. The molecule has 0 radical (unpaired) electrons. The highest BCUT2D eigenvalue weighted by Crippen LogP contribution is 2.42. The van der Waals surface area contributed by atoms with Gasteiger partial charge < -0.3 is 9.84 Å². The van der Waals surface area contributed by atoms with Crippen molar-refractivity contribution < 1.29 is 19.4 Å². The van der Waals surface area contributed by atoms with Gasteiger partial charge in [-0.1, -0.05) is 0 Å². The maximum absolute atomic E-state index is 13.1. The zero-order valence-electron chi connectivity index (χ0n) is 18.1. The predicted molar refractivity (Wildman–Crippen MR) is 122 cm³/mol. The van der Waals surface area contributed by atoms with Crippen molar-refractivity contribution in [2.75, 3.05) is 4.90 Å². The summed E-state index contributed by atoms with van der Waals surface area (Å²) in [6, 6.07) is 17.6. The van der Waals surface area contributed by atoms with Crippen LogP contribution < -0.4 is 9.64 Å². The number of Topliss-reactive ketones (excluding diaryl/α,β-unsaturated/α-hetero) is 1. The Morgan fingerprint density at radius 1 is 1.03 bits per heavy atom. The van der Waals surface area contributed by atoms with E-state index in [0.717, 1.165) is 0 Å². The Hall–Kier alpha value is -4.44. The van der Waals surface area contributed by atoms with Gasteiger partial charge in [-0.2, -0.15) is 5.26 Å². The number of carbonyl (C=O) groups is 2. The lowest BCUT2D eigenvalue weighted by Crippen LogP contribution is -2.29. The van der Waals surface area contributed by atoms with Crippen molar-refractivity contribution in [3.63, 3.8) is 0 Å². The van der Waals surface area contributed by atoms with Crippen LogP contribution in [0.5, 0.6) is 5.75 Å². The first-order valence-corrected chi connectivity index (χ1v) is 10.4. The number of nitrogens with zero attached hydrogens (tertiary/aromatic N) is 3. The number of carbonyl (C=O) groups excluding carboxylic acids is 2. The van der Waals surface area contributed by atoms with Crippen molar-refractivity contribution in [3.05, 3.63) is 95.3 Å². The molecule has 1 aliphatic rings. The van der Waals surface area contributed by atoms with Crippen LogP contribution in [0.3, 0.4) is 0 Å². The molecule has 1 fully saturated rings. The molecule has 0 saturated carbocycles. The molecule has 164 valence electrons. The van der Waals surface area contributed by atoms with E-state index in [2.05, 4.69) is 4.98 Å². The molecule has 1 saturated heterocycles. The van der Waals surface area contributed by atoms with Crippen molar-refractivity contribution >= 4 is 23.1 Å². The van der Waals surface area contributed by atoms with Gasteiger partial charge in [-0.3, -0.25) is 19.5 Å². The summed E-state index contributed by atoms with van der Waals surface area (Å²) in [4.78, 5) is 31.6. The molecule has 1 atom stereocenters. The van der Waals surface area contributed by atoms with Gasteiger partial charge in [-0.25, -0.2) is 0 Å². The quantitative estimate of drug-likeness (QED) is 0.360. The Bertz CT molecular complexity index is 1260. The lowest BCUT2D eigenvalue weighted by molar-refractivity contribution is -0.132. The fourth-order valence-corrected chi connectivity index (χ4v) is 3.78. The number of ether oxygens (including phenoxy) is 1. The standard InChI is InChI=1S/C26H21N3O4/c1-16(2)33-21-9-5-19(6-10-21)24(30)22-23(18-11-13-28-14-12-18)29(26(32)25(22)31)20-7-3-17(15-27)4-8-20/h3-14,16,23,30H,1-2H3/b24-22-. The van der Waals surface area contributed by atoms with Gasteiger partial charge >= 0.3 is 0 Å². The Balaban J connectivity index is 1.84. The van der Waals surface area contributed by atoms with E-state index in [1.165, 1.54) is 4.90 Å². The van der Waals surface area contributed by atoms with Crippen LogP contribution in [0.15, 0.2) is 78.6 Å². The number of hydrogen-bond acceptors (Lipinski definition) is 6. The normalized spacial score (nSPS) is 17.3. The average molecular weight is 439 g/mol. The third-order valence-corrected chi connectivity index (χ3v) is 5.24. The highest BCUT2D eigenvalue weighted by molar-refractivity contribution is 6.51. The maximum Gasteiger partial charge on any atom is 0.300 e. The van der Waals surface area contributed by atoms with Gasteiger partial charge in [0.1, 0.15) is 11.5 Å². The lowest BCUT2D eigenvalue weighted by Gasteiger charge is -2.25. The highest BCUT2D eigenvalue weighted by atomic mass is 16.5. The van der Waals surface area contributed by atoms with E-state index in [0.29, 0.717) is 28.1 Å². The van der Waals surface area contributed by atoms with E-state index in [-0.39, 0.29) is 17.4 Å². The molecule has 1 aromatic heterocycles. The number of amides is 1. The molecule has 7 heteroatoms. The van der Waals surface area contributed by atoms with E-state index in [4.69, 9.17) is 10.00 Å². The molecule has 0 bridgehead atoms. The SMILES string of the molecule is CC(C)Oc1ccc(/C(O)=C2/C(=O)C(=O)N(c3ccc(C#N)cc3)C2c2ccncc2)cc1. The van der Waals surface area contributed by atoms with E-state index >= 15 is 0 Å². The number of pyridine rings is 1. The first kappa shape index (κ1) is 21.8. The second-order valence-corrected chi connectivity index (χ2v) is 7.80. The van der Waals surface area contributed by atoms with Crippen molar-refractivity contribution in [2.24, 2.45) is 0 Å². The van der Waals surface area contributed by atoms with Gasteiger partial charge in [-0.05, 0) is 80.1 Å². The van der Waals surface area contributed by atoms with Crippen molar-refractivity contribution in [3.8, 4) is 11.8 Å². The zero-order chi connectivity index (χ0) is 23.5. The largest absolute Gasteiger partial charge is 0.507 e. The third kappa shape index (κ3) is 4.19. The van der Waals surface area contributed by atoms with Crippen molar-refractivity contribution in [2.45, 2.75) is 26.0 Å². The Kier molecular flexibility index (Phi) is 5.92. The first-order valence-electron chi connectivity index (χ1n) is 10.4. The highest BCUT2D eigenvalue weighted by Gasteiger charge is 2.46. The fourth-order valence-electron chi connectivity index (χ4n) is 3.78. The molecule has 7 nitrogen and oxygen atoms in total. The molecular formula is C26H21N3O4. The minimum absolute atomic E-state index is 0.00566. The van der Waals surface area contributed by atoms with Crippen LogP contribution in [0.2, 0.25) is 0 Å². The number of aromatic nitrogens is 1. The fraction of sp³-hybridized carbons (Fsp3) is 0.154. The number of benzene rings is 2. The van der Waals surface area contributed by atoms with Crippen molar-refractivity contribution in [1.82, 2.24) is 4.98 Å². The monoisotopic (exact) mass is 439 g/mol. The van der Waals surface area contributed by atoms with Crippen molar-refractivity contribution in [1.29, 1.82) is 5.26 Å². The lowest BCUT2D eigenvalue weighted by atomic mass is 9.95. The minimum Gasteiger partial charge on any atom is -0.507 e. The molecule has 3 aromatic rings. The zero-order valence-corrected chi connectivity index (χ0v) is 18.1. The van der Waals surface area contributed by atoms with E-state index in [1.54, 1.807) is 73.1 Å². The van der Waals surface area contributed by atoms with Crippen LogP contribution in [0.4, 0.5) is 5.69 Å². The molecule has 0 spiro atoms. The van der Waals surface area contributed by atoms with E-state index < -0.39 is 17.7 Å². The summed E-state index contributed by atoms with van der Waals surface area (Å²) >= 11 is 0. The Labute approximate surface area is 191 Å². The summed E-state index contributed by atoms with van der Waals surface area (Å²) in [7, 11) is 0. The number of aliphatic hydroxyl groups excluding tert-OH is 1. The summed E-state index contributed by atoms with van der Waals surface area (Å²) < 4.78 is 5.64. The summed E-state index contributed by atoms with van der Waals surface area (Å²) in [5.74, 6) is -1.20. The third-order valence-electron chi connectivity index (χ3n) is 5.24. The van der Waals surface area contributed by atoms with E-state index in [9.17, 15) is 14.7 Å². The van der Waals surface area contributed by atoms with Gasteiger partial charge in [0, 0.05) is 23.6 Å². The molecule has 1 amide bonds. The van der Waals surface area contributed by atoms with Gasteiger partial charge in [-0.15, -0.1) is 0 Å². The van der Waals surface area contributed by atoms with Crippen LogP contribution in [-0.2, 0) is 9.59 Å². The molecule has 0 aliphatic carbocycles. The predicted octanol–water partition coefficient (Wildman–Crippen LogP) is 4.37. The van der Waals surface area contributed by atoms with Gasteiger partial charge in [0.25, 0.3) is 11.7 Å². The number of anilines is 1. The average Bonchev–Trinajstić information content (AvgIpc) is 3.10. The van der Waals surface area contributed by atoms with E-state index in [1.807, 2.05) is 19.9 Å². The summed E-state index contributed by atoms with van der Waals surface area (Å²) in [6.07, 6.45) is 3.12. The van der Waals surface area contributed by atoms with Crippen LogP contribution in [0, 0.1) is 11.3 Å². The molecule has 1 N–H and O–H groups in total. The van der Waals surface area contributed by atoms with Crippen LogP contribution in [0.25, 0.3) is 5.76 Å². The molecule has 1 unspecified atom stereocenters. The second-order valence-electron chi connectivity index (χ2n) is 7.80. The smallest absolute Gasteiger partial charge is 0.300 e. The van der Waals surface area contributed by atoms with Gasteiger partial charge in [0.15, 0.2) is 0 Å². The van der Waals surface area contributed by atoms with Crippen LogP contribution >= 0.6 is 0 Å². The number of hydrogen-bond donors (Lipinski definition) is 1. The molecule has 33 heavy (non-hydrogen) atoms. The molecule has 2 heterocycles. The topological polar surface area (TPSA) is 104 Å². The Morgan fingerprint density at radius 3 is 2.24 bits per heavy atom. The van der Waals surface area contributed by atoms with Gasteiger partial charge in [0.2, 0.25) is 0 Å². The van der Waals surface area contributed by atoms with Crippen LogP contribution in [0.1, 0.15) is 36.6 Å². The summed E-state index contributed by atoms with van der Waals surface area (Å²) in [5.41, 5.74) is 1.86. The number of ketones is 1. The molecule has 2 aromatic carbocycles. The summed E-state index contributed by atoms with van der Waals surface area (Å²) in [6.45, 7) is 3.82. The number of nitriles is 1. The second kappa shape index (κ2) is 8.97. The maximum atomic E-state index is 13.1. The summed E-state index contributed by atoms with van der Waals surface area (Å²) in [5, 5.41) is 20.2. The molecule has 4 rings (SSSR count). The Morgan fingerprint density at radius 2 is 1.67 bits per heavy atom. The number of rotatable bonds is 5. The number of aliphatic hydroxyl groups is 1.